The van der Waals surface area contributed by atoms with Crippen LogP contribution >= 0.6 is 0 Å². The summed E-state index contributed by atoms with van der Waals surface area (Å²) < 4.78 is 0. The second-order valence-corrected chi connectivity index (χ2v) is 5.74. The Morgan fingerprint density at radius 1 is 0.733 bits per heavy atom. The van der Waals surface area contributed by atoms with E-state index in [0.717, 1.165) is 18.2 Å². The van der Waals surface area contributed by atoms with Gasteiger partial charge in [0, 0.05) is 11.6 Å². The molecular weight excluding hydrogens is 404 g/mol. The molecule has 0 radical (unpaired) electrons. The third-order valence-electron chi connectivity index (χ3n) is 4.02. The minimum atomic E-state index is -1.42. The zero-order valence-electron chi connectivity index (χ0n) is 14.8. The average Bonchev–Trinajstić information content (AvgIpc) is 2.64. The number of hydrogen-bond donors (Lipinski definition) is 4. The van der Waals surface area contributed by atoms with Crippen molar-refractivity contribution in [3.63, 3.8) is 0 Å². The van der Waals surface area contributed by atoms with Crippen molar-refractivity contribution in [2.24, 2.45) is 22.9 Å². The van der Waals surface area contributed by atoms with Gasteiger partial charge < -0.3 is 22.9 Å². The highest BCUT2D eigenvalue weighted by molar-refractivity contribution is 6.17. The van der Waals surface area contributed by atoms with E-state index >= 15 is 0 Å². The van der Waals surface area contributed by atoms with Crippen LogP contribution in [0.5, 0.6) is 0 Å². The maximum atomic E-state index is 12.1. The molecule has 0 aliphatic carbocycles. The highest BCUT2D eigenvalue weighted by atomic mass is 16.6. The fourth-order valence-corrected chi connectivity index (χ4v) is 2.93. The molecule has 0 saturated carbocycles. The Balaban J connectivity index is 3.30. The molecule has 2 aromatic rings. The van der Waals surface area contributed by atoms with Crippen molar-refractivity contribution in [1.82, 2.24) is 0 Å². The van der Waals surface area contributed by atoms with E-state index in [1.54, 1.807) is 0 Å². The lowest BCUT2D eigenvalue weighted by atomic mass is 9.87. The van der Waals surface area contributed by atoms with Gasteiger partial charge in [-0.2, -0.15) is 0 Å². The molecule has 0 spiro atoms. The first-order valence-corrected chi connectivity index (χ1v) is 7.72. The standard InChI is InChI=1S/C16H12N6O8/c17-13(23)6-3-1-2-5(9(6)15(19)25)10-11(16(20)26)7(14(18)24)4-8(21(27)28)12(10)22(29)30/h1-4H,(H2,17,23)(H2,18,24)(H2,19,25)(H2,20,26). The molecule has 14 nitrogen and oxygen atoms in total. The van der Waals surface area contributed by atoms with Crippen molar-refractivity contribution >= 4 is 35.0 Å². The van der Waals surface area contributed by atoms with Crippen LogP contribution < -0.4 is 22.9 Å². The smallest absolute Gasteiger partial charge is 0.354 e. The van der Waals surface area contributed by atoms with Gasteiger partial charge in [0.1, 0.15) is 0 Å². The van der Waals surface area contributed by atoms with Crippen LogP contribution in [0.1, 0.15) is 41.4 Å². The molecule has 2 aromatic carbocycles. The molecule has 0 unspecified atom stereocenters. The van der Waals surface area contributed by atoms with Crippen LogP contribution in [0.4, 0.5) is 11.4 Å². The maximum absolute atomic E-state index is 12.1. The van der Waals surface area contributed by atoms with Crippen molar-refractivity contribution < 1.29 is 29.0 Å². The van der Waals surface area contributed by atoms with E-state index in [2.05, 4.69) is 0 Å². The number of amides is 4. The van der Waals surface area contributed by atoms with Crippen molar-refractivity contribution in [3.05, 3.63) is 66.7 Å². The van der Waals surface area contributed by atoms with Crippen LogP contribution in [0.15, 0.2) is 24.3 Å². The summed E-state index contributed by atoms with van der Waals surface area (Å²) in [5, 5.41) is 23.1. The molecule has 8 N–H and O–H groups in total. The minimum Gasteiger partial charge on any atom is -0.366 e. The van der Waals surface area contributed by atoms with E-state index in [1.165, 1.54) is 0 Å². The Morgan fingerprint density at radius 3 is 1.67 bits per heavy atom. The summed E-state index contributed by atoms with van der Waals surface area (Å²) in [6.45, 7) is 0. The second-order valence-electron chi connectivity index (χ2n) is 5.74. The molecule has 154 valence electrons. The summed E-state index contributed by atoms with van der Waals surface area (Å²) in [5.41, 5.74) is 14.1. The van der Waals surface area contributed by atoms with Gasteiger partial charge >= 0.3 is 11.4 Å². The van der Waals surface area contributed by atoms with Gasteiger partial charge in [0.25, 0.3) is 0 Å². The predicted octanol–water partition coefficient (Wildman–Crippen LogP) is -0.434. The lowest BCUT2D eigenvalue weighted by Crippen LogP contribution is -2.25. The normalized spacial score (nSPS) is 10.3. The van der Waals surface area contributed by atoms with Crippen molar-refractivity contribution in [1.29, 1.82) is 0 Å². The first kappa shape index (κ1) is 21.4. The van der Waals surface area contributed by atoms with Crippen LogP contribution in [-0.2, 0) is 0 Å². The summed E-state index contributed by atoms with van der Waals surface area (Å²) in [6, 6.07) is 3.62. The fraction of sp³-hybridized carbons (Fsp3) is 0. The first-order chi connectivity index (χ1) is 13.9. The second kappa shape index (κ2) is 7.63. The number of nitro benzene ring substituents is 2. The van der Waals surface area contributed by atoms with Crippen molar-refractivity contribution in [2.45, 2.75) is 0 Å². The molecule has 2 rings (SSSR count). The molecular formula is C16H12N6O8. The van der Waals surface area contributed by atoms with E-state index < -0.39 is 78.2 Å². The van der Waals surface area contributed by atoms with E-state index in [-0.39, 0.29) is 0 Å². The summed E-state index contributed by atoms with van der Waals surface area (Å²) in [4.78, 5) is 68.4. The van der Waals surface area contributed by atoms with Gasteiger partial charge in [-0.25, -0.2) is 0 Å². The lowest BCUT2D eigenvalue weighted by Gasteiger charge is -2.15. The molecule has 4 amide bonds. The number of carbonyl (C=O) groups is 4. The quantitative estimate of drug-likeness (QED) is 0.339. The highest BCUT2D eigenvalue weighted by Gasteiger charge is 2.38. The molecule has 0 atom stereocenters. The van der Waals surface area contributed by atoms with Gasteiger partial charge in [-0.15, -0.1) is 0 Å². The number of nitrogens with two attached hydrogens (primary N) is 4. The largest absolute Gasteiger partial charge is 0.366 e. The minimum absolute atomic E-state index is 0.423. The van der Waals surface area contributed by atoms with Gasteiger partial charge in [0.15, 0.2) is 0 Å². The van der Waals surface area contributed by atoms with Crippen LogP contribution in [0, 0.1) is 20.2 Å². The lowest BCUT2D eigenvalue weighted by molar-refractivity contribution is -0.422. The van der Waals surface area contributed by atoms with Crippen molar-refractivity contribution in [3.8, 4) is 11.1 Å². The van der Waals surface area contributed by atoms with Crippen LogP contribution in [0.25, 0.3) is 11.1 Å². The molecule has 14 heteroatoms. The highest BCUT2D eigenvalue weighted by Crippen LogP contribution is 2.43. The van der Waals surface area contributed by atoms with Gasteiger partial charge in [-0.3, -0.25) is 39.4 Å². The number of nitrogens with zero attached hydrogens (tertiary/aromatic N) is 2. The third-order valence-corrected chi connectivity index (χ3v) is 4.02. The van der Waals surface area contributed by atoms with E-state index in [9.17, 15) is 39.4 Å². The molecule has 0 bridgehead atoms. The maximum Gasteiger partial charge on any atom is 0.354 e. The Kier molecular flexibility index (Phi) is 5.44. The van der Waals surface area contributed by atoms with Crippen LogP contribution in [-0.4, -0.2) is 33.5 Å². The summed E-state index contributed by atoms with van der Waals surface area (Å²) in [7, 11) is 0. The molecule has 0 saturated heterocycles. The van der Waals surface area contributed by atoms with Gasteiger partial charge in [0.2, 0.25) is 23.6 Å². The van der Waals surface area contributed by atoms with E-state index in [0.29, 0.717) is 6.07 Å². The van der Waals surface area contributed by atoms with Gasteiger partial charge in [-0.05, 0) is 6.07 Å². The molecule has 30 heavy (non-hydrogen) atoms. The van der Waals surface area contributed by atoms with E-state index in [1.807, 2.05) is 0 Å². The summed E-state index contributed by atoms with van der Waals surface area (Å²) in [6.07, 6.45) is 0. The monoisotopic (exact) mass is 416 g/mol. The Bertz CT molecular complexity index is 1120. The first-order valence-electron chi connectivity index (χ1n) is 7.72. The Labute approximate surface area is 165 Å². The summed E-state index contributed by atoms with van der Waals surface area (Å²) >= 11 is 0. The molecule has 0 aliphatic heterocycles. The SMILES string of the molecule is NC(=O)c1cccc(-c2c(C(N)=O)c(C(N)=O)cc([N+](=O)[O-])c2[N+](=O)[O-])c1C(N)=O. The van der Waals surface area contributed by atoms with Gasteiger partial charge in [-0.1, -0.05) is 12.1 Å². The predicted molar refractivity (Wildman–Crippen MR) is 99.3 cm³/mol. The van der Waals surface area contributed by atoms with Crippen molar-refractivity contribution in [2.75, 3.05) is 0 Å². The summed E-state index contributed by atoms with van der Waals surface area (Å²) in [5.74, 6) is -5.24. The third kappa shape index (κ3) is 3.47. The fourth-order valence-electron chi connectivity index (χ4n) is 2.93. The topological polar surface area (TPSA) is 259 Å². The number of primary amides is 4. The zero-order chi connectivity index (χ0) is 22.9. The van der Waals surface area contributed by atoms with Crippen LogP contribution in [0.3, 0.4) is 0 Å². The number of carbonyl (C=O) groups excluding carboxylic acids is 4. The molecule has 0 heterocycles. The number of benzene rings is 2. The van der Waals surface area contributed by atoms with Gasteiger partial charge in [0.05, 0.1) is 37.7 Å². The molecule has 0 fully saturated rings. The zero-order valence-corrected chi connectivity index (χ0v) is 14.8. The average molecular weight is 416 g/mol. The molecule has 0 aliphatic rings. The Morgan fingerprint density at radius 2 is 1.27 bits per heavy atom. The number of hydrogen-bond acceptors (Lipinski definition) is 8. The Hall–Kier alpha value is -4.88. The van der Waals surface area contributed by atoms with E-state index in [4.69, 9.17) is 22.9 Å². The van der Waals surface area contributed by atoms with Crippen LogP contribution in [0.2, 0.25) is 0 Å². The number of rotatable bonds is 7. The number of nitro groups is 2. The molecule has 0 aromatic heterocycles.